The van der Waals surface area contributed by atoms with Crippen molar-refractivity contribution in [3.05, 3.63) is 47.9 Å². The zero-order valence-electron chi connectivity index (χ0n) is 14.0. The summed E-state index contributed by atoms with van der Waals surface area (Å²) in [5.41, 5.74) is 1.37. The van der Waals surface area contributed by atoms with Gasteiger partial charge in [-0.25, -0.2) is 9.37 Å². The molecule has 0 radical (unpaired) electrons. The largest absolute Gasteiger partial charge is 0.371 e. The minimum Gasteiger partial charge on any atom is -0.371 e. The van der Waals surface area contributed by atoms with Crippen LogP contribution in [0.3, 0.4) is 0 Å². The van der Waals surface area contributed by atoms with Crippen molar-refractivity contribution in [1.82, 2.24) is 14.9 Å². The van der Waals surface area contributed by atoms with E-state index >= 15 is 0 Å². The number of nitrogens with zero attached hydrogens (tertiary/aromatic N) is 3. The van der Waals surface area contributed by atoms with Crippen molar-refractivity contribution < 1.29 is 4.39 Å². The molecule has 1 saturated heterocycles. The number of nitrogens with one attached hydrogen (secondary N) is 2. The lowest BCUT2D eigenvalue weighted by atomic mass is 10.0. The first-order valence-corrected chi connectivity index (χ1v) is 8.47. The number of piperidine rings is 1. The highest BCUT2D eigenvalue weighted by molar-refractivity contribution is 5.40. The first kappa shape index (κ1) is 16.6. The van der Waals surface area contributed by atoms with Gasteiger partial charge in [0.1, 0.15) is 0 Å². The van der Waals surface area contributed by atoms with Crippen molar-refractivity contribution >= 4 is 11.8 Å². The zero-order chi connectivity index (χ0) is 16.8. The smallest absolute Gasteiger partial charge is 0.225 e. The summed E-state index contributed by atoms with van der Waals surface area (Å²) in [4.78, 5) is 10.7. The lowest BCUT2D eigenvalue weighted by Crippen LogP contribution is -2.43. The first-order chi connectivity index (χ1) is 11.7. The van der Waals surface area contributed by atoms with E-state index in [9.17, 15) is 4.39 Å². The van der Waals surface area contributed by atoms with Gasteiger partial charge in [-0.15, -0.1) is 0 Å². The van der Waals surface area contributed by atoms with Gasteiger partial charge in [0.25, 0.3) is 0 Å². The zero-order valence-corrected chi connectivity index (χ0v) is 14.0. The molecule has 128 valence electrons. The molecule has 0 bridgehead atoms. The molecular formula is C18H24FN5. The van der Waals surface area contributed by atoms with E-state index in [4.69, 9.17) is 0 Å². The normalized spacial score (nSPS) is 18.3. The Hall–Kier alpha value is -2.21. The summed E-state index contributed by atoms with van der Waals surface area (Å²) in [7, 11) is 1.65. The predicted molar refractivity (Wildman–Crippen MR) is 94.8 cm³/mol. The van der Waals surface area contributed by atoms with Crippen LogP contribution in [0.1, 0.15) is 18.4 Å². The molecule has 1 aliphatic heterocycles. The molecule has 2 aromatic rings. The number of hydrogen-bond acceptors (Lipinski definition) is 5. The average Bonchev–Trinajstić information content (AvgIpc) is 2.63. The standard InChI is InChI=1S/C18H24FN5/c1-20-17-16(19)12-21-18(23-17)22-15-8-5-10-24(13-15)11-9-14-6-3-2-4-7-14/h2-4,6-7,12,15H,5,8-11,13H2,1H3,(H2,20,21,22,23). The van der Waals surface area contributed by atoms with Crippen LogP contribution in [0.25, 0.3) is 0 Å². The Balaban J connectivity index is 1.53. The molecule has 6 heteroatoms. The topological polar surface area (TPSA) is 53.1 Å². The van der Waals surface area contributed by atoms with Crippen molar-refractivity contribution in [3.63, 3.8) is 0 Å². The summed E-state index contributed by atoms with van der Waals surface area (Å²) < 4.78 is 13.4. The van der Waals surface area contributed by atoms with Crippen LogP contribution in [0.15, 0.2) is 36.5 Å². The molecule has 1 aromatic heterocycles. The summed E-state index contributed by atoms with van der Waals surface area (Å²) in [5, 5.41) is 6.08. The number of likely N-dealkylation sites (tertiary alicyclic amines) is 1. The van der Waals surface area contributed by atoms with Crippen molar-refractivity contribution in [3.8, 4) is 0 Å². The molecule has 2 heterocycles. The minimum atomic E-state index is -0.434. The number of benzene rings is 1. The SMILES string of the molecule is CNc1nc(NC2CCCN(CCc3ccccc3)C2)ncc1F. The second-order valence-corrected chi connectivity index (χ2v) is 6.16. The average molecular weight is 329 g/mol. The monoisotopic (exact) mass is 329 g/mol. The Bertz CT molecular complexity index is 649. The molecule has 1 atom stereocenters. The van der Waals surface area contributed by atoms with Crippen LogP contribution in [-0.4, -0.2) is 47.6 Å². The fourth-order valence-corrected chi connectivity index (χ4v) is 3.10. The van der Waals surface area contributed by atoms with Crippen LogP contribution in [0, 0.1) is 5.82 Å². The van der Waals surface area contributed by atoms with Crippen molar-refractivity contribution in [2.75, 3.05) is 37.3 Å². The highest BCUT2D eigenvalue weighted by Gasteiger charge is 2.20. The van der Waals surface area contributed by atoms with Crippen LogP contribution < -0.4 is 10.6 Å². The van der Waals surface area contributed by atoms with Gasteiger partial charge in [0.2, 0.25) is 5.95 Å². The second kappa shape index (κ2) is 8.06. The third-order valence-corrected chi connectivity index (χ3v) is 4.38. The molecule has 3 rings (SSSR count). The van der Waals surface area contributed by atoms with E-state index in [-0.39, 0.29) is 5.82 Å². The Morgan fingerprint density at radius 1 is 1.29 bits per heavy atom. The highest BCUT2D eigenvalue weighted by Crippen LogP contribution is 2.16. The molecule has 1 unspecified atom stereocenters. The number of halogens is 1. The van der Waals surface area contributed by atoms with E-state index in [0.717, 1.165) is 38.9 Å². The molecule has 0 spiro atoms. The fourth-order valence-electron chi connectivity index (χ4n) is 3.10. The predicted octanol–water partition coefficient (Wildman–Crippen LogP) is 2.78. The summed E-state index contributed by atoms with van der Waals surface area (Å²) in [6.07, 6.45) is 4.49. The van der Waals surface area contributed by atoms with Crippen LogP contribution in [0.4, 0.5) is 16.2 Å². The first-order valence-electron chi connectivity index (χ1n) is 8.47. The lowest BCUT2D eigenvalue weighted by molar-refractivity contribution is 0.218. The maximum absolute atomic E-state index is 13.4. The van der Waals surface area contributed by atoms with E-state index in [1.165, 1.54) is 11.8 Å². The van der Waals surface area contributed by atoms with E-state index in [2.05, 4.69) is 49.8 Å². The van der Waals surface area contributed by atoms with E-state index in [0.29, 0.717) is 12.0 Å². The Morgan fingerprint density at radius 3 is 2.92 bits per heavy atom. The number of anilines is 2. The molecule has 0 saturated carbocycles. The third kappa shape index (κ3) is 4.41. The van der Waals surface area contributed by atoms with Gasteiger partial charge in [0.05, 0.1) is 6.20 Å². The summed E-state index contributed by atoms with van der Waals surface area (Å²) in [6, 6.07) is 10.9. The van der Waals surface area contributed by atoms with E-state index in [1.54, 1.807) is 7.05 Å². The van der Waals surface area contributed by atoms with Gasteiger partial charge in [-0.05, 0) is 31.4 Å². The molecular weight excluding hydrogens is 305 g/mol. The molecule has 0 amide bonds. The van der Waals surface area contributed by atoms with Gasteiger partial charge in [0.15, 0.2) is 11.6 Å². The fraction of sp³-hybridized carbons (Fsp3) is 0.444. The number of rotatable bonds is 6. The maximum atomic E-state index is 13.4. The minimum absolute atomic E-state index is 0.226. The van der Waals surface area contributed by atoms with Crippen molar-refractivity contribution in [2.45, 2.75) is 25.3 Å². The van der Waals surface area contributed by atoms with Gasteiger partial charge >= 0.3 is 0 Å². The number of aromatic nitrogens is 2. The maximum Gasteiger partial charge on any atom is 0.225 e. The third-order valence-electron chi connectivity index (χ3n) is 4.38. The number of hydrogen-bond donors (Lipinski definition) is 2. The van der Waals surface area contributed by atoms with Crippen molar-refractivity contribution in [1.29, 1.82) is 0 Å². The van der Waals surface area contributed by atoms with Crippen LogP contribution >= 0.6 is 0 Å². The van der Waals surface area contributed by atoms with Crippen LogP contribution in [-0.2, 0) is 6.42 Å². The van der Waals surface area contributed by atoms with Crippen molar-refractivity contribution in [2.24, 2.45) is 0 Å². The molecule has 5 nitrogen and oxygen atoms in total. The van der Waals surface area contributed by atoms with E-state index < -0.39 is 5.82 Å². The summed E-state index contributed by atoms with van der Waals surface area (Å²) >= 11 is 0. The van der Waals surface area contributed by atoms with Gasteiger partial charge in [-0.3, -0.25) is 0 Å². The Kier molecular flexibility index (Phi) is 5.59. The highest BCUT2D eigenvalue weighted by atomic mass is 19.1. The molecule has 24 heavy (non-hydrogen) atoms. The second-order valence-electron chi connectivity index (χ2n) is 6.16. The molecule has 1 fully saturated rings. The van der Waals surface area contributed by atoms with Gasteiger partial charge < -0.3 is 15.5 Å². The quantitative estimate of drug-likeness (QED) is 0.853. The molecule has 1 aromatic carbocycles. The summed E-state index contributed by atoms with van der Waals surface area (Å²) in [5.74, 6) is 0.274. The lowest BCUT2D eigenvalue weighted by Gasteiger charge is -2.33. The molecule has 0 aliphatic carbocycles. The molecule has 1 aliphatic rings. The molecule has 2 N–H and O–H groups in total. The van der Waals surface area contributed by atoms with Crippen LogP contribution in [0.5, 0.6) is 0 Å². The van der Waals surface area contributed by atoms with Gasteiger partial charge in [0, 0.05) is 26.2 Å². The van der Waals surface area contributed by atoms with Gasteiger partial charge in [-0.1, -0.05) is 30.3 Å². The van der Waals surface area contributed by atoms with E-state index in [1.807, 2.05) is 6.07 Å². The Morgan fingerprint density at radius 2 is 2.12 bits per heavy atom. The van der Waals surface area contributed by atoms with Crippen LogP contribution in [0.2, 0.25) is 0 Å². The van der Waals surface area contributed by atoms with Gasteiger partial charge in [-0.2, -0.15) is 4.98 Å². The Labute approximate surface area is 142 Å². The summed E-state index contributed by atoms with van der Waals surface area (Å²) in [6.45, 7) is 3.13.